The van der Waals surface area contributed by atoms with E-state index < -0.39 is 6.04 Å². The van der Waals surface area contributed by atoms with E-state index in [9.17, 15) is 4.79 Å². The number of fused-ring (bicyclic) bond motifs is 1. The van der Waals surface area contributed by atoms with Crippen LogP contribution in [0.4, 0.5) is 5.95 Å². The second kappa shape index (κ2) is 4.56. The molecule has 0 bridgehead atoms. The fourth-order valence-electron chi connectivity index (χ4n) is 1.91. The van der Waals surface area contributed by atoms with Gasteiger partial charge in [-0.2, -0.15) is 0 Å². The summed E-state index contributed by atoms with van der Waals surface area (Å²) in [6.07, 6.45) is 0. The molecule has 2 N–H and O–H groups in total. The predicted molar refractivity (Wildman–Crippen MR) is 67.4 cm³/mol. The van der Waals surface area contributed by atoms with Gasteiger partial charge in [0, 0.05) is 6.07 Å². The van der Waals surface area contributed by atoms with Crippen LogP contribution in [0, 0.1) is 0 Å². The van der Waals surface area contributed by atoms with Crippen molar-refractivity contribution in [2.24, 2.45) is 0 Å². The van der Waals surface area contributed by atoms with Crippen molar-refractivity contribution in [1.82, 2.24) is 9.55 Å². The highest BCUT2D eigenvalue weighted by Gasteiger charge is 2.20. The van der Waals surface area contributed by atoms with Crippen molar-refractivity contribution in [2.75, 3.05) is 20.0 Å². The molecule has 0 aliphatic rings. The lowest BCUT2D eigenvalue weighted by atomic mass is 10.2. The molecule has 1 aromatic carbocycles. The lowest BCUT2D eigenvalue weighted by Crippen LogP contribution is -2.19. The number of methoxy groups -OCH3 is 2. The molecule has 0 aliphatic heterocycles. The summed E-state index contributed by atoms with van der Waals surface area (Å²) >= 11 is 0. The van der Waals surface area contributed by atoms with Crippen LogP contribution in [0.25, 0.3) is 11.0 Å². The highest BCUT2D eigenvalue weighted by molar-refractivity contribution is 5.83. The quantitative estimate of drug-likeness (QED) is 0.831. The SMILES string of the molecule is COC(=O)C(C)n1c(N)nc2cc(OC)ccc21. The van der Waals surface area contributed by atoms with Crippen LogP contribution in [0.3, 0.4) is 0 Å². The molecule has 1 unspecified atom stereocenters. The van der Waals surface area contributed by atoms with Gasteiger partial charge in [-0.05, 0) is 19.1 Å². The number of carbonyl (C=O) groups excluding carboxylic acids is 1. The first-order valence-electron chi connectivity index (χ1n) is 5.47. The number of esters is 1. The van der Waals surface area contributed by atoms with Crippen LogP contribution >= 0.6 is 0 Å². The molecule has 2 aromatic rings. The number of hydrogen-bond donors (Lipinski definition) is 1. The summed E-state index contributed by atoms with van der Waals surface area (Å²) in [5.74, 6) is 0.603. The van der Waals surface area contributed by atoms with Crippen molar-refractivity contribution < 1.29 is 14.3 Å². The number of nitrogens with zero attached hydrogens (tertiary/aromatic N) is 2. The number of ether oxygens (including phenoxy) is 2. The third-order valence-corrected chi connectivity index (χ3v) is 2.85. The third kappa shape index (κ3) is 1.85. The molecule has 0 amide bonds. The molecule has 1 atom stereocenters. The lowest BCUT2D eigenvalue weighted by Gasteiger charge is -2.13. The Bertz CT molecular complexity index is 592. The maximum Gasteiger partial charge on any atom is 0.328 e. The van der Waals surface area contributed by atoms with Crippen LogP contribution in [0.1, 0.15) is 13.0 Å². The van der Waals surface area contributed by atoms with Gasteiger partial charge in [0.2, 0.25) is 5.95 Å². The predicted octanol–water partition coefficient (Wildman–Crippen LogP) is 1.36. The van der Waals surface area contributed by atoms with Crippen LogP contribution in [0.15, 0.2) is 18.2 Å². The molecule has 0 radical (unpaired) electrons. The van der Waals surface area contributed by atoms with Crippen molar-refractivity contribution in [1.29, 1.82) is 0 Å². The molecule has 1 aromatic heterocycles. The van der Waals surface area contributed by atoms with Gasteiger partial charge in [-0.1, -0.05) is 0 Å². The van der Waals surface area contributed by atoms with Gasteiger partial charge >= 0.3 is 5.97 Å². The number of carbonyl (C=O) groups is 1. The van der Waals surface area contributed by atoms with E-state index in [2.05, 4.69) is 4.98 Å². The average Bonchev–Trinajstić information content (AvgIpc) is 2.71. The zero-order chi connectivity index (χ0) is 13.3. The third-order valence-electron chi connectivity index (χ3n) is 2.85. The Balaban J connectivity index is 2.57. The summed E-state index contributed by atoms with van der Waals surface area (Å²) in [5, 5.41) is 0. The summed E-state index contributed by atoms with van der Waals surface area (Å²) in [6, 6.07) is 4.86. The van der Waals surface area contributed by atoms with Crippen molar-refractivity contribution >= 4 is 23.0 Å². The minimum atomic E-state index is -0.520. The smallest absolute Gasteiger partial charge is 0.328 e. The van der Waals surface area contributed by atoms with E-state index in [-0.39, 0.29) is 11.9 Å². The van der Waals surface area contributed by atoms with E-state index in [1.54, 1.807) is 30.7 Å². The van der Waals surface area contributed by atoms with Crippen LogP contribution in [0.5, 0.6) is 5.75 Å². The second-order valence-electron chi connectivity index (χ2n) is 3.89. The van der Waals surface area contributed by atoms with Crippen LogP contribution < -0.4 is 10.5 Å². The molecule has 6 heteroatoms. The van der Waals surface area contributed by atoms with Crippen molar-refractivity contribution in [3.63, 3.8) is 0 Å². The number of hydrogen-bond acceptors (Lipinski definition) is 5. The minimum Gasteiger partial charge on any atom is -0.497 e. The van der Waals surface area contributed by atoms with Crippen molar-refractivity contribution in [2.45, 2.75) is 13.0 Å². The van der Waals surface area contributed by atoms with Crippen LogP contribution in [-0.4, -0.2) is 29.7 Å². The molecule has 18 heavy (non-hydrogen) atoms. The van der Waals surface area contributed by atoms with E-state index >= 15 is 0 Å². The number of anilines is 1. The summed E-state index contributed by atoms with van der Waals surface area (Å²) < 4.78 is 11.5. The number of aromatic nitrogens is 2. The molecule has 2 rings (SSSR count). The topological polar surface area (TPSA) is 79.4 Å². The first-order valence-corrected chi connectivity index (χ1v) is 5.47. The minimum absolute atomic E-state index is 0.274. The van der Waals surface area contributed by atoms with Gasteiger partial charge in [0.1, 0.15) is 11.8 Å². The summed E-state index contributed by atoms with van der Waals surface area (Å²) in [4.78, 5) is 15.8. The Morgan fingerprint density at radius 3 is 2.78 bits per heavy atom. The maximum atomic E-state index is 11.6. The molecule has 0 aliphatic carbocycles. The molecule has 1 heterocycles. The fourth-order valence-corrected chi connectivity index (χ4v) is 1.91. The normalized spacial score (nSPS) is 12.4. The van der Waals surface area contributed by atoms with Gasteiger partial charge in [0.25, 0.3) is 0 Å². The number of imidazole rings is 1. The van der Waals surface area contributed by atoms with Gasteiger partial charge < -0.3 is 15.2 Å². The standard InChI is InChI=1S/C12H15N3O3/c1-7(11(16)18-3)15-10-5-4-8(17-2)6-9(10)14-12(15)13/h4-7H,1-3H3,(H2,13,14). The maximum absolute atomic E-state index is 11.6. The van der Waals surface area contributed by atoms with E-state index in [1.807, 2.05) is 6.07 Å². The van der Waals surface area contributed by atoms with Gasteiger partial charge in [0.15, 0.2) is 0 Å². The lowest BCUT2D eigenvalue weighted by molar-refractivity contribution is -0.143. The summed E-state index contributed by atoms with van der Waals surface area (Å²) in [5.41, 5.74) is 7.29. The van der Waals surface area contributed by atoms with Gasteiger partial charge in [0.05, 0.1) is 25.3 Å². The molecule has 0 spiro atoms. The molecule has 0 saturated heterocycles. The monoisotopic (exact) mass is 249 g/mol. The molecule has 0 fully saturated rings. The fraction of sp³-hybridized carbons (Fsp3) is 0.333. The van der Waals surface area contributed by atoms with E-state index in [0.29, 0.717) is 11.3 Å². The molecular weight excluding hydrogens is 234 g/mol. The second-order valence-corrected chi connectivity index (χ2v) is 3.89. The summed E-state index contributed by atoms with van der Waals surface area (Å²) in [6.45, 7) is 1.72. The Kier molecular flexibility index (Phi) is 3.10. The van der Waals surface area contributed by atoms with E-state index in [4.69, 9.17) is 15.2 Å². The molecule has 6 nitrogen and oxygen atoms in total. The van der Waals surface area contributed by atoms with E-state index in [0.717, 1.165) is 5.52 Å². The Hall–Kier alpha value is -2.24. The summed E-state index contributed by atoms with van der Waals surface area (Å²) in [7, 11) is 2.93. The number of nitrogen functional groups attached to an aromatic ring is 1. The Morgan fingerprint density at radius 1 is 1.44 bits per heavy atom. The first-order chi connectivity index (χ1) is 8.58. The van der Waals surface area contributed by atoms with Crippen LogP contribution in [-0.2, 0) is 9.53 Å². The van der Waals surface area contributed by atoms with Gasteiger partial charge in [-0.15, -0.1) is 0 Å². The van der Waals surface area contributed by atoms with Crippen LogP contribution in [0.2, 0.25) is 0 Å². The van der Waals surface area contributed by atoms with Gasteiger partial charge in [-0.3, -0.25) is 4.57 Å². The zero-order valence-corrected chi connectivity index (χ0v) is 10.5. The Morgan fingerprint density at radius 2 is 2.17 bits per heavy atom. The zero-order valence-electron chi connectivity index (χ0n) is 10.5. The molecule has 0 saturated carbocycles. The largest absolute Gasteiger partial charge is 0.497 e. The first kappa shape index (κ1) is 12.2. The highest BCUT2D eigenvalue weighted by atomic mass is 16.5. The van der Waals surface area contributed by atoms with Gasteiger partial charge in [-0.25, -0.2) is 9.78 Å². The number of benzene rings is 1. The number of rotatable bonds is 3. The average molecular weight is 249 g/mol. The van der Waals surface area contributed by atoms with Crippen molar-refractivity contribution in [3.8, 4) is 5.75 Å². The molecule has 96 valence electrons. The highest BCUT2D eigenvalue weighted by Crippen LogP contribution is 2.26. The number of nitrogens with two attached hydrogens (primary N) is 1. The Labute approximate surface area is 104 Å². The van der Waals surface area contributed by atoms with E-state index in [1.165, 1.54) is 7.11 Å². The molecular formula is C12H15N3O3. The van der Waals surface area contributed by atoms with Crippen molar-refractivity contribution in [3.05, 3.63) is 18.2 Å².